The number of hydrogen-bond donors (Lipinski definition) is 0. The number of nitrogens with zero attached hydrogens (tertiary/aromatic N) is 3. The van der Waals surface area contributed by atoms with Gasteiger partial charge in [0.2, 0.25) is 5.91 Å². The Balaban J connectivity index is 1.41. The minimum atomic E-state index is 0.109. The van der Waals surface area contributed by atoms with Gasteiger partial charge in [0.25, 0.3) is 0 Å². The lowest BCUT2D eigenvalue weighted by atomic mass is 10.1. The first-order valence-electron chi connectivity index (χ1n) is 9.16. The van der Waals surface area contributed by atoms with Crippen molar-refractivity contribution in [1.82, 2.24) is 14.7 Å². The molecule has 26 heavy (non-hydrogen) atoms. The van der Waals surface area contributed by atoms with E-state index in [1.807, 2.05) is 62.5 Å². The average Bonchev–Trinajstić information content (AvgIpc) is 3.04. The summed E-state index contributed by atoms with van der Waals surface area (Å²) < 4.78 is 13.2. The summed E-state index contributed by atoms with van der Waals surface area (Å²) in [5, 5.41) is 4.18. The molecule has 0 unspecified atom stereocenters. The SMILES string of the molecule is C[C@@H]1CN(C(=O)CCCOc2ccc(-c3cnn(C)c3)cc2)C[C@@H](C)O1. The van der Waals surface area contributed by atoms with Gasteiger partial charge >= 0.3 is 0 Å². The van der Waals surface area contributed by atoms with Crippen molar-refractivity contribution in [2.24, 2.45) is 7.05 Å². The van der Waals surface area contributed by atoms with Crippen LogP contribution in [-0.4, -0.2) is 52.5 Å². The highest BCUT2D eigenvalue weighted by atomic mass is 16.5. The number of benzene rings is 1. The maximum atomic E-state index is 12.3. The fraction of sp³-hybridized carbons (Fsp3) is 0.500. The van der Waals surface area contributed by atoms with Gasteiger partial charge in [-0.05, 0) is 38.0 Å². The molecule has 0 N–H and O–H groups in total. The van der Waals surface area contributed by atoms with Crippen LogP contribution in [0.15, 0.2) is 36.7 Å². The lowest BCUT2D eigenvalue weighted by molar-refractivity contribution is -0.143. The predicted molar refractivity (Wildman–Crippen MR) is 100.0 cm³/mol. The molecule has 140 valence electrons. The smallest absolute Gasteiger partial charge is 0.222 e. The Kier molecular flexibility index (Phi) is 5.93. The van der Waals surface area contributed by atoms with Crippen molar-refractivity contribution in [1.29, 1.82) is 0 Å². The molecular weight excluding hydrogens is 330 g/mol. The van der Waals surface area contributed by atoms with Crippen LogP contribution >= 0.6 is 0 Å². The van der Waals surface area contributed by atoms with Gasteiger partial charge in [-0.15, -0.1) is 0 Å². The van der Waals surface area contributed by atoms with Crippen molar-refractivity contribution in [3.8, 4) is 16.9 Å². The van der Waals surface area contributed by atoms with Gasteiger partial charge in [0.05, 0.1) is 25.0 Å². The normalized spacial score (nSPS) is 20.2. The van der Waals surface area contributed by atoms with E-state index in [1.165, 1.54) is 0 Å². The Bertz CT molecular complexity index is 716. The molecule has 0 spiro atoms. The highest BCUT2D eigenvalue weighted by molar-refractivity contribution is 5.76. The largest absolute Gasteiger partial charge is 0.494 e. The van der Waals surface area contributed by atoms with Gasteiger partial charge in [-0.1, -0.05) is 12.1 Å². The van der Waals surface area contributed by atoms with Crippen LogP contribution in [0.2, 0.25) is 0 Å². The number of amides is 1. The minimum Gasteiger partial charge on any atom is -0.494 e. The molecular formula is C20H27N3O3. The molecule has 1 aromatic carbocycles. The number of rotatable bonds is 6. The van der Waals surface area contributed by atoms with Gasteiger partial charge < -0.3 is 14.4 Å². The van der Waals surface area contributed by atoms with E-state index in [-0.39, 0.29) is 18.1 Å². The molecule has 6 nitrogen and oxygen atoms in total. The molecule has 1 saturated heterocycles. The molecule has 2 aromatic rings. The van der Waals surface area contributed by atoms with Gasteiger partial charge in [-0.25, -0.2) is 0 Å². The number of carbonyl (C=O) groups excluding carboxylic acids is 1. The third-order valence-electron chi connectivity index (χ3n) is 4.47. The first-order valence-corrected chi connectivity index (χ1v) is 9.16. The maximum Gasteiger partial charge on any atom is 0.222 e. The topological polar surface area (TPSA) is 56.6 Å². The van der Waals surface area contributed by atoms with Crippen molar-refractivity contribution < 1.29 is 14.3 Å². The highest BCUT2D eigenvalue weighted by Crippen LogP contribution is 2.22. The summed E-state index contributed by atoms with van der Waals surface area (Å²) in [4.78, 5) is 14.2. The predicted octanol–water partition coefficient (Wildman–Crippen LogP) is 2.88. The van der Waals surface area contributed by atoms with Crippen molar-refractivity contribution in [3.63, 3.8) is 0 Å². The summed E-state index contributed by atoms with van der Waals surface area (Å²) >= 11 is 0. The van der Waals surface area contributed by atoms with Crippen molar-refractivity contribution >= 4 is 5.91 Å². The fourth-order valence-corrected chi connectivity index (χ4v) is 3.27. The second kappa shape index (κ2) is 8.36. The van der Waals surface area contributed by atoms with Crippen molar-refractivity contribution in [2.45, 2.75) is 38.9 Å². The Morgan fingerprint density at radius 1 is 1.19 bits per heavy atom. The average molecular weight is 357 g/mol. The summed E-state index contributed by atoms with van der Waals surface area (Å²) in [6.07, 6.45) is 5.26. The van der Waals surface area contributed by atoms with E-state index in [1.54, 1.807) is 4.68 Å². The lowest BCUT2D eigenvalue weighted by Gasteiger charge is -2.35. The Morgan fingerprint density at radius 3 is 2.50 bits per heavy atom. The van der Waals surface area contributed by atoms with E-state index >= 15 is 0 Å². The zero-order valence-corrected chi connectivity index (χ0v) is 15.7. The first kappa shape index (κ1) is 18.5. The number of carbonyl (C=O) groups is 1. The summed E-state index contributed by atoms with van der Waals surface area (Å²) in [6, 6.07) is 7.95. The lowest BCUT2D eigenvalue weighted by Crippen LogP contribution is -2.48. The van der Waals surface area contributed by atoms with Gasteiger partial charge in [0.1, 0.15) is 5.75 Å². The quantitative estimate of drug-likeness (QED) is 0.746. The van der Waals surface area contributed by atoms with E-state index in [9.17, 15) is 4.79 Å². The van der Waals surface area contributed by atoms with E-state index in [0.717, 1.165) is 16.9 Å². The molecule has 6 heteroatoms. The van der Waals surface area contributed by atoms with E-state index in [4.69, 9.17) is 9.47 Å². The monoisotopic (exact) mass is 357 g/mol. The maximum absolute atomic E-state index is 12.3. The molecule has 1 aliphatic rings. The zero-order valence-electron chi connectivity index (χ0n) is 15.7. The minimum absolute atomic E-state index is 0.109. The van der Waals surface area contributed by atoms with Crippen LogP contribution in [0, 0.1) is 0 Å². The fourth-order valence-electron chi connectivity index (χ4n) is 3.27. The molecule has 1 fully saturated rings. The van der Waals surface area contributed by atoms with Crippen LogP contribution in [0.25, 0.3) is 11.1 Å². The summed E-state index contributed by atoms with van der Waals surface area (Å²) in [7, 11) is 1.90. The molecule has 0 radical (unpaired) electrons. The van der Waals surface area contributed by atoms with Crippen molar-refractivity contribution in [3.05, 3.63) is 36.7 Å². The molecule has 0 bridgehead atoms. The first-order chi connectivity index (χ1) is 12.5. The van der Waals surface area contributed by atoms with Crippen LogP contribution in [0.4, 0.5) is 0 Å². The van der Waals surface area contributed by atoms with E-state index < -0.39 is 0 Å². The van der Waals surface area contributed by atoms with Gasteiger partial charge in [0, 0.05) is 38.3 Å². The standard InChI is InChI=1S/C20H27N3O3/c1-15-12-23(13-16(2)26-15)20(24)5-4-10-25-19-8-6-17(7-9-19)18-11-21-22(3)14-18/h6-9,11,14-16H,4-5,10,12-13H2,1-3H3/t15-,16-/m1/s1. The second-order valence-electron chi connectivity index (χ2n) is 6.94. The zero-order chi connectivity index (χ0) is 18.5. The molecule has 2 heterocycles. The Labute approximate surface area is 154 Å². The summed E-state index contributed by atoms with van der Waals surface area (Å²) in [5.41, 5.74) is 2.19. The van der Waals surface area contributed by atoms with Crippen LogP contribution in [0.1, 0.15) is 26.7 Å². The molecule has 1 aliphatic heterocycles. The summed E-state index contributed by atoms with van der Waals surface area (Å²) in [6.45, 7) is 5.91. The molecule has 0 saturated carbocycles. The Hall–Kier alpha value is -2.34. The van der Waals surface area contributed by atoms with Crippen LogP contribution in [-0.2, 0) is 16.6 Å². The third kappa shape index (κ3) is 4.85. The van der Waals surface area contributed by atoms with Gasteiger partial charge in [-0.3, -0.25) is 9.48 Å². The molecule has 1 amide bonds. The summed E-state index contributed by atoms with van der Waals surface area (Å²) in [5.74, 6) is 1.00. The van der Waals surface area contributed by atoms with Crippen molar-refractivity contribution in [2.75, 3.05) is 19.7 Å². The number of morpholine rings is 1. The number of aromatic nitrogens is 2. The number of aryl methyl sites for hydroxylation is 1. The van der Waals surface area contributed by atoms with E-state index in [2.05, 4.69) is 5.10 Å². The number of hydrogen-bond acceptors (Lipinski definition) is 4. The van der Waals surface area contributed by atoms with Crippen LogP contribution in [0.5, 0.6) is 5.75 Å². The van der Waals surface area contributed by atoms with Gasteiger partial charge in [-0.2, -0.15) is 5.10 Å². The number of ether oxygens (including phenoxy) is 2. The molecule has 1 aromatic heterocycles. The Morgan fingerprint density at radius 2 is 1.88 bits per heavy atom. The second-order valence-corrected chi connectivity index (χ2v) is 6.94. The van der Waals surface area contributed by atoms with Crippen LogP contribution < -0.4 is 4.74 Å². The molecule has 3 rings (SSSR count). The highest BCUT2D eigenvalue weighted by Gasteiger charge is 2.25. The van der Waals surface area contributed by atoms with E-state index in [0.29, 0.717) is 32.5 Å². The van der Waals surface area contributed by atoms with Crippen LogP contribution in [0.3, 0.4) is 0 Å². The molecule has 0 aliphatic carbocycles. The van der Waals surface area contributed by atoms with Gasteiger partial charge in [0.15, 0.2) is 0 Å². The third-order valence-corrected chi connectivity index (χ3v) is 4.47. The molecule has 2 atom stereocenters.